The molecule has 3 N–H and O–H groups in total. The minimum atomic E-state index is -3.91. The third-order valence-electron chi connectivity index (χ3n) is 4.44. The zero-order chi connectivity index (χ0) is 22.5. The fraction of sp³-hybridized carbons (Fsp3) is 0.950. The SMILES string of the molecule is CC(C(=O)O)N(C)C.CCCCCCCCCCCCOP(=O)(O)OCCCO. The molecule has 2 unspecified atom stereocenters. The average molecular weight is 442 g/mol. The van der Waals surface area contributed by atoms with Gasteiger partial charge in [-0.2, -0.15) is 0 Å². The molecule has 0 saturated heterocycles. The minimum absolute atomic E-state index is 0.0440. The van der Waals surface area contributed by atoms with Crippen molar-refractivity contribution in [2.24, 2.45) is 0 Å². The molecule has 0 saturated carbocycles. The molecule has 176 valence electrons. The average Bonchev–Trinajstić information content (AvgIpc) is 2.66. The monoisotopic (exact) mass is 441 g/mol. The van der Waals surface area contributed by atoms with Crippen LogP contribution in [-0.4, -0.2) is 65.9 Å². The largest absolute Gasteiger partial charge is 0.480 e. The lowest BCUT2D eigenvalue weighted by atomic mass is 10.1. The van der Waals surface area contributed by atoms with Gasteiger partial charge in [-0.15, -0.1) is 0 Å². The summed E-state index contributed by atoms with van der Waals surface area (Å²) in [5, 5.41) is 16.9. The molecular formula is C20H44NO7P. The summed E-state index contributed by atoms with van der Waals surface area (Å²) in [7, 11) is -0.441. The van der Waals surface area contributed by atoms with Crippen LogP contribution < -0.4 is 0 Å². The van der Waals surface area contributed by atoms with E-state index in [-0.39, 0.29) is 25.9 Å². The van der Waals surface area contributed by atoms with Gasteiger partial charge in [-0.05, 0) is 33.9 Å². The molecule has 0 aromatic rings. The number of hydrogen-bond acceptors (Lipinski definition) is 6. The molecule has 8 nitrogen and oxygen atoms in total. The van der Waals surface area contributed by atoms with E-state index in [9.17, 15) is 14.3 Å². The molecule has 0 fully saturated rings. The number of carbonyl (C=O) groups is 1. The zero-order valence-corrected chi connectivity index (χ0v) is 19.7. The number of carboxylic acid groups (broad SMARTS) is 1. The van der Waals surface area contributed by atoms with E-state index in [0.717, 1.165) is 19.3 Å². The Morgan fingerprint density at radius 1 is 0.897 bits per heavy atom. The van der Waals surface area contributed by atoms with E-state index in [1.807, 2.05) is 0 Å². The third-order valence-corrected chi connectivity index (χ3v) is 5.46. The highest BCUT2D eigenvalue weighted by molar-refractivity contribution is 7.47. The molecule has 0 aromatic carbocycles. The highest BCUT2D eigenvalue weighted by atomic mass is 31.2. The molecule has 0 aromatic heterocycles. The summed E-state index contributed by atoms with van der Waals surface area (Å²) >= 11 is 0. The molecule has 2 atom stereocenters. The summed E-state index contributed by atoms with van der Waals surface area (Å²) in [5.41, 5.74) is 0. The van der Waals surface area contributed by atoms with Crippen LogP contribution in [0.5, 0.6) is 0 Å². The van der Waals surface area contributed by atoms with Crippen molar-refractivity contribution in [2.75, 3.05) is 33.9 Å². The minimum Gasteiger partial charge on any atom is -0.480 e. The summed E-state index contributed by atoms with van der Waals surface area (Å²) in [5.74, 6) is -0.782. The van der Waals surface area contributed by atoms with E-state index < -0.39 is 13.8 Å². The molecule has 9 heteroatoms. The van der Waals surface area contributed by atoms with Gasteiger partial charge in [-0.1, -0.05) is 64.7 Å². The van der Waals surface area contributed by atoms with Crippen molar-refractivity contribution in [1.82, 2.24) is 4.90 Å². The Morgan fingerprint density at radius 3 is 1.66 bits per heavy atom. The topological polar surface area (TPSA) is 117 Å². The van der Waals surface area contributed by atoms with Crippen molar-refractivity contribution in [3.63, 3.8) is 0 Å². The van der Waals surface area contributed by atoms with Gasteiger partial charge in [-0.25, -0.2) is 4.57 Å². The Bertz CT molecular complexity index is 422. The maximum absolute atomic E-state index is 11.4. The summed E-state index contributed by atoms with van der Waals surface area (Å²) < 4.78 is 20.9. The second kappa shape index (κ2) is 20.8. The van der Waals surface area contributed by atoms with Crippen molar-refractivity contribution in [1.29, 1.82) is 0 Å². The van der Waals surface area contributed by atoms with Crippen LogP contribution in [-0.2, 0) is 18.4 Å². The van der Waals surface area contributed by atoms with Crippen molar-refractivity contribution in [2.45, 2.75) is 90.5 Å². The zero-order valence-electron chi connectivity index (χ0n) is 18.8. The number of likely N-dealkylation sites (N-methyl/N-ethyl adjacent to an activating group) is 1. The van der Waals surface area contributed by atoms with Gasteiger partial charge < -0.3 is 15.1 Å². The smallest absolute Gasteiger partial charge is 0.472 e. The number of unbranched alkanes of at least 4 members (excludes halogenated alkanes) is 9. The summed E-state index contributed by atoms with van der Waals surface area (Å²) in [6, 6.07) is -0.380. The summed E-state index contributed by atoms with van der Waals surface area (Å²) in [4.78, 5) is 21.1. The maximum Gasteiger partial charge on any atom is 0.472 e. The summed E-state index contributed by atoms with van der Waals surface area (Å²) in [6.07, 6.45) is 12.5. The summed E-state index contributed by atoms with van der Waals surface area (Å²) in [6.45, 7) is 4.11. The number of carboxylic acids is 1. The molecule has 0 amide bonds. The predicted molar refractivity (Wildman–Crippen MR) is 116 cm³/mol. The number of nitrogens with zero attached hydrogens (tertiary/aromatic N) is 1. The van der Waals surface area contributed by atoms with Crippen molar-refractivity contribution in [3.05, 3.63) is 0 Å². The van der Waals surface area contributed by atoms with Gasteiger partial charge in [0.2, 0.25) is 0 Å². The van der Waals surface area contributed by atoms with Gasteiger partial charge in [0.1, 0.15) is 6.04 Å². The van der Waals surface area contributed by atoms with E-state index in [1.165, 1.54) is 44.9 Å². The van der Waals surface area contributed by atoms with Crippen molar-refractivity contribution in [3.8, 4) is 0 Å². The lowest BCUT2D eigenvalue weighted by Crippen LogP contribution is -2.32. The highest BCUT2D eigenvalue weighted by Crippen LogP contribution is 2.43. The quantitative estimate of drug-likeness (QED) is 0.211. The molecular weight excluding hydrogens is 397 g/mol. The second-order valence-electron chi connectivity index (χ2n) is 7.37. The molecule has 0 bridgehead atoms. The lowest BCUT2D eigenvalue weighted by Gasteiger charge is -2.13. The molecule has 0 spiro atoms. The number of phosphoric acid groups is 1. The fourth-order valence-electron chi connectivity index (χ4n) is 2.27. The van der Waals surface area contributed by atoms with E-state index in [2.05, 4.69) is 6.92 Å². The van der Waals surface area contributed by atoms with Gasteiger partial charge in [0.25, 0.3) is 0 Å². The van der Waals surface area contributed by atoms with Gasteiger partial charge in [0.15, 0.2) is 0 Å². The predicted octanol–water partition coefficient (Wildman–Crippen LogP) is 4.44. The fourth-order valence-corrected chi connectivity index (χ4v) is 3.07. The van der Waals surface area contributed by atoms with Crippen LogP contribution in [0.2, 0.25) is 0 Å². The number of aliphatic hydroxyl groups is 1. The molecule has 0 aliphatic rings. The molecule has 0 aliphatic heterocycles. The number of phosphoric ester groups is 1. The van der Waals surface area contributed by atoms with E-state index in [1.54, 1.807) is 25.9 Å². The molecule has 0 rings (SSSR count). The standard InChI is InChI=1S/C15H33O5P.C5H11NO2/c1-2-3-4-5-6-7-8-9-10-11-14-19-21(17,18)20-15-12-13-16;1-4(5(7)8)6(2)3/h16H,2-15H2,1H3,(H,17,18);4H,1-3H3,(H,7,8). The molecule has 29 heavy (non-hydrogen) atoms. The van der Waals surface area contributed by atoms with Gasteiger partial charge in [-0.3, -0.25) is 18.7 Å². The number of aliphatic hydroxyl groups excluding tert-OH is 1. The van der Waals surface area contributed by atoms with E-state index in [0.29, 0.717) is 6.42 Å². The van der Waals surface area contributed by atoms with E-state index in [4.69, 9.17) is 19.3 Å². The number of hydrogen-bond donors (Lipinski definition) is 3. The van der Waals surface area contributed by atoms with Crippen molar-refractivity contribution < 1.29 is 33.5 Å². The van der Waals surface area contributed by atoms with E-state index >= 15 is 0 Å². The van der Waals surface area contributed by atoms with Crippen LogP contribution >= 0.6 is 7.82 Å². The first-order valence-electron chi connectivity index (χ1n) is 10.8. The second-order valence-corrected chi connectivity index (χ2v) is 8.83. The van der Waals surface area contributed by atoms with Crippen LogP contribution in [0.3, 0.4) is 0 Å². The van der Waals surface area contributed by atoms with Gasteiger partial charge in [0, 0.05) is 6.61 Å². The number of aliphatic carboxylic acids is 1. The molecule has 0 aliphatic carbocycles. The first-order valence-corrected chi connectivity index (χ1v) is 12.3. The molecule has 0 radical (unpaired) electrons. The lowest BCUT2D eigenvalue weighted by molar-refractivity contribution is -0.141. The van der Waals surface area contributed by atoms with Crippen LogP contribution in [0.15, 0.2) is 0 Å². The third kappa shape index (κ3) is 23.6. The van der Waals surface area contributed by atoms with Crippen LogP contribution in [0.4, 0.5) is 0 Å². The van der Waals surface area contributed by atoms with Gasteiger partial charge >= 0.3 is 13.8 Å². The normalized spacial score (nSPS) is 14.2. The van der Waals surface area contributed by atoms with Crippen LogP contribution in [0.1, 0.15) is 84.5 Å². The molecule has 0 heterocycles. The van der Waals surface area contributed by atoms with Crippen LogP contribution in [0.25, 0.3) is 0 Å². The Hall–Kier alpha value is -0.500. The highest BCUT2D eigenvalue weighted by Gasteiger charge is 2.19. The number of rotatable bonds is 18. The maximum atomic E-state index is 11.4. The Labute approximate surface area is 177 Å². The Balaban J connectivity index is 0. The van der Waals surface area contributed by atoms with Crippen molar-refractivity contribution >= 4 is 13.8 Å². The first-order chi connectivity index (χ1) is 13.7. The Morgan fingerprint density at radius 2 is 1.31 bits per heavy atom. The van der Waals surface area contributed by atoms with Gasteiger partial charge in [0.05, 0.1) is 13.2 Å². The first kappa shape index (κ1) is 30.7. The van der Waals surface area contributed by atoms with Crippen LogP contribution in [0, 0.1) is 0 Å². The Kier molecular flexibility index (Phi) is 22.0.